The second-order valence-corrected chi connectivity index (χ2v) is 4.78. The zero-order valence-electron chi connectivity index (χ0n) is 12.0. The summed E-state index contributed by atoms with van der Waals surface area (Å²) >= 11 is 0. The maximum absolute atomic E-state index is 11.8. The Morgan fingerprint density at radius 2 is 2.05 bits per heavy atom. The Labute approximate surface area is 121 Å². The summed E-state index contributed by atoms with van der Waals surface area (Å²) in [6.45, 7) is 5.20. The van der Waals surface area contributed by atoms with E-state index in [1.807, 2.05) is 19.9 Å². The first kappa shape index (κ1) is 14.7. The maximum Gasteiger partial charge on any atom is 0.325 e. The number of aliphatic carboxylic acids is 1. The van der Waals surface area contributed by atoms with Gasteiger partial charge in [-0.3, -0.25) is 9.59 Å². The van der Waals surface area contributed by atoms with E-state index in [0.717, 1.165) is 11.4 Å². The summed E-state index contributed by atoms with van der Waals surface area (Å²) in [7, 11) is 0. The van der Waals surface area contributed by atoms with E-state index in [2.05, 4.69) is 15.4 Å². The number of hydrogen-bond donors (Lipinski definition) is 2. The Bertz CT molecular complexity index is 676. The molecular weight excluding hydrogens is 272 g/mol. The van der Waals surface area contributed by atoms with Crippen molar-refractivity contribution in [1.82, 2.24) is 20.1 Å². The normalized spacial score (nSPS) is 12.0. The standard InChI is InChI=1S/C14H16N4O3/c1-8-6-9(2)18(17-8)12-5-4-11(7-15-12)13(19)16-10(3)14(20)21/h4-7,10H,1-3H3,(H,16,19)(H,20,21)/t10-/m0/s1. The van der Waals surface area contributed by atoms with Crippen molar-refractivity contribution in [1.29, 1.82) is 0 Å². The van der Waals surface area contributed by atoms with Crippen LogP contribution in [-0.2, 0) is 4.79 Å². The van der Waals surface area contributed by atoms with E-state index in [-0.39, 0.29) is 0 Å². The molecule has 21 heavy (non-hydrogen) atoms. The third-order valence-electron chi connectivity index (χ3n) is 2.95. The first-order chi connectivity index (χ1) is 9.88. The number of nitrogens with zero attached hydrogens (tertiary/aromatic N) is 3. The molecule has 0 saturated carbocycles. The highest BCUT2D eigenvalue weighted by Crippen LogP contribution is 2.10. The molecule has 0 radical (unpaired) electrons. The summed E-state index contributed by atoms with van der Waals surface area (Å²) < 4.78 is 1.68. The Morgan fingerprint density at radius 3 is 2.52 bits per heavy atom. The lowest BCUT2D eigenvalue weighted by atomic mass is 10.2. The molecule has 2 rings (SSSR count). The van der Waals surface area contributed by atoms with Gasteiger partial charge in [-0.1, -0.05) is 0 Å². The fourth-order valence-corrected chi connectivity index (χ4v) is 1.85. The van der Waals surface area contributed by atoms with Crippen molar-refractivity contribution >= 4 is 11.9 Å². The van der Waals surface area contributed by atoms with Crippen molar-refractivity contribution in [2.45, 2.75) is 26.8 Å². The van der Waals surface area contributed by atoms with Crippen molar-refractivity contribution in [3.05, 3.63) is 41.3 Å². The predicted molar refractivity (Wildman–Crippen MR) is 75.4 cm³/mol. The summed E-state index contributed by atoms with van der Waals surface area (Å²) in [5, 5.41) is 15.4. The fourth-order valence-electron chi connectivity index (χ4n) is 1.85. The minimum atomic E-state index is -1.09. The van der Waals surface area contributed by atoms with Crippen molar-refractivity contribution in [3.63, 3.8) is 0 Å². The highest BCUT2D eigenvalue weighted by atomic mass is 16.4. The highest BCUT2D eigenvalue weighted by molar-refractivity contribution is 5.96. The van der Waals surface area contributed by atoms with E-state index in [4.69, 9.17) is 5.11 Å². The lowest BCUT2D eigenvalue weighted by Crippen LogP contribution is -2.38. The molecule has 7 nitrogen and oxygen atoms in total. The van der Waals surface area contributed by atoms with E-state index in [0.29, 0.717) is 11.4 Å². The van der Waals surface area contributed by atoms with Gasteiger partial charge in [0.25, 0.3) is 5.91 Å². The van der Waals surface area contributed by atoms with Gasteiger partial charge in [-0.2, -0.15) is 5.10 Å². The molecule has 7 heteroatoms. The van der Waals surface area contributed by atoms with Crippen LogP contribution in [0, 0.1) is 13.8 Å². The molecule has 2 aromatic rings. The number of nitrogens with one attached hydrogen (secondary N) is 1. The summed E-state index contributed by atoms with van der Waals surface area (Å²) in [5.74, 6) is -0.962. The van der Waals surface area contributed by atoms with Gasteiger partial charge in [-0.05, 0) is 39.0 Å². The second-order valence-electron chi connectivity index (χ2n) is 4.78. The number of pyridine rings is 1. The van der Waals surface area contributed by atoms with E-state index in [1.165, 1.54) is 13.1 Å². The van der Waals surface area contributed by atoms with Crippen LogP contribution in [0.15, 0.2) is 24.4 Å². The van der Waals surface area contributed by atoms with E-state index in [9.17, 15) is 9.59 Å². The molecule has 1 atom stereocenters. The molecule has 0 aliphatic rings. The number of rotatable bonds is 4. The smallest absolute Gasteiger partial charge is 0.325 e. The van der Waals surface area contributed by atoms with Crippen LogP contribution in [0.3, 0.4) is 0 Å². The average Bonchev–Trinajstić information content (AvgIpc) is 2.77. The lowest BCUT2D eigenvalue weighted by molar-refractivity contribution is -0.138. The number of carbonyl (C=O) groups excluding carboxylic acids is 1. The number of amides is 1. The van der Waals surface area contributed by atoms with Crippen LogP contribution in [0.2, 0.25) is 0 Å². The number of hydrogen-bond acceptors (Lipinski definition) is 4. The summed E-state index contributed by atoms with van der Waals surface area (Å²) in [6.07, 6.45) is 1.40. The largest absolute Gasteiger partial charge is 0.480 e. The van der Waals surface area contributed by atoms with Crippen LogP contribution < -0.4 is 5.32 Å². The molecular formula is C14H16N4O3. The van der Waals surface area contributed by atoms with E-state index in [1.54, 1.807) is 16.8 Å². The molecule has 2 heterocycles. The molecule has 0 bridgehead atoms. The Kier molecular flexibility index (Phi) is 4.02. The zero-order chi connectivity index (χ0) is 15.6. The van der Waals surface area contributed by atoms with Crippen molar-refractivity contribution in [3.8, 4) is 5.82 Å². The Hall–Kier alpha value is -2.70. The molecule has 110 valence electrons. The number of carboxylic acid groups (broad SMARTS) is 1. The quantitative estimate of drug-likeness (QED) is 0.877. The van der Waals surface area contributed by atoms with Crippen LogP contribution in [0.1, 0.15) is 28.7 Å². The molecule has 2 N–H and O–H groups in total. The number of carbonyl (C=O) groups is 2. The maximum atomic E-state index is 11.8. The molecule has 0 aliphatic carbocycles. The van der Waals surface area contributed by atoms with Crippen molar-refractivity contribution < 1.29 is 14.7 Å². The fraction of sp³-hybridized carbons (Fsp3) is 0.286. The Balaban J connectivity index is 2.17. The first-order valence-electron chi connectivity index (χ1n) is 6.42. The third kappa shape index (κ3) is 3.25. The zero-order valence-corrected chi connectivity index (χ0v) is 12.0. The van der Waals surface area contributed by atoms with Crippen LogP contribution in [0.5, 0.6) is 0 Å². The van der Waals surface area contributed by atoms with Crippen LogP contribution in [0.4, 0.5) is 0 Å². The van der Waals surface area contributed by atoms with Gasteiger partial charge in [0.05, 0.1) is 11.3 Å². The third-order valence-corrected chi connectivity index (χ3v) is 2.95. The molecule has 0 spiro atoms. The molecule has 0 aromatic carbocycles. The van der Waals surface area contributed by atoms with Crippen LogP contribution >= 0.6 is 0 Å². The number of aryl methyl sites for hydroxylation is 2. The number of aromatic nitrogens is 3. The molecule has 0 aliphatic heterocycles. The Morgan fingerprint density at radius 1 is 1.33 bits per heavy atom. The van der Waals surface area contributed by atoms with Crippen LogP contribution in [-0.4, -0.2) is 37.8 Å². The van der Waals surface area contributed by atoms with Gasteiger partial charge < -0.3 is 10.4 Å². The molecule has 0 saturated heterocycles. The predicted octanol–water partition coefficient (Wildman–Crippen LogP) is 1.09. The minimum Gasteiger partial charge on any atom is -0.480 e. The lowest BCUT2D eigenvalue weighted by Gasteiger charge is -2.09. The monoisotopic (exact) mass is 288 g/mol. The summed E-state index contributed by atoms with van der Waals surface area (Å²) in [4.78, 5) is 26.7. The topological polar surface area (TPSA) is 97.1 Å². The molecule has 1 amide bonds. The first-order valence-corrected chi connectivity index (χ1v) is 6.42. The van der Waals surface area contributed by atoms with E-state index >= 15 is 0 Å². The van der Waals surface area contributed by atoms with Gasteiger partial charge in [-0.25, -0.2) is 9.67 Å². The van der Waals surface area contributed by atoms with Gasteiger partial charge in [0, 0.05) is 11.9 Å². The second kappa shape index (κ2) is 5.74. The average molecular weight is 288 g/mol. The molecule has 2 aromatic heterocycles. The van der Waals surface area contributed by atoms with Gasteiger partial charge in [-0.15, -0.1) is 0 Å². The van der Waals surface area contributed by atoms with Crippen molar-refractivity contribution in [2.24, 2.45) is 0 Å². The minimum absolute atomic E-state index is 0.299. The summed E-state index contributed by atoms with van der Waals surface area (Å²) in [5.41, 5.74) is 2.12. The number of carboxylic acids is 1. The SMILES string of the molecule is Cc1cc(C)n(-c2ccc(C(=O)N[C@@H](C)C(=O)O)cn2)n1. The van der Waals surface area contributed by atoms with Gasteiger partial charge in [0.1, 0.15) is 6.04 Å². The van der Waals surface area contributed by atoms with Crippen LogP contribution in [0.25, 0.3) is 5.82 Å². The summed E-state index contributed by atoms with van der Waals surface area (Å²) in [6, 6.07) is 4.23. The van der Waals surface area contributed by atoms with Crippen molar-refractivity contribution in [2.75, 3.05) is 0 Å². The molecule has 0 fully saturated rings. The van der Waals surface area contributed by atoms with Gasteiger partial charge in [0.15, 0.2) is 5.82 Å². The molecule has 0 unspecified atom stereocenters. The van der Waals surface area contributed by atoms with Gasteiger partial charge >= 0.3 is 5.97 Å². The van der Waals surface area contributed by atoms with Gasteiger partial charge in [0.2, 0.25) is 0 Å². The van der Waals surface area contributed by atoms with E-state index < -0.39 is 17.9 Å². The highest BCUT2D eigenvalue weighted by Gasteiger charge is 2.15.